The minimum absolute atomic E-state index is 0.0150. The molecule has 0 aliphatic carbocycles. The molecular formula is C10H14ClN3O2S. The third-order valence-corrected chi connectivity index (χ3v) is 4.53. The van der Waals surface area contributed by atoms with Crippen molar-refractivity contribution in [1.82, 2.24) is 9.78 Å². The molecule has 1 aromatic rings. The van der Waals surface area contributed by atoms with Crippen LogP contribution in [-0.2, 0) is 22.8 Å². The molecule has 0 saturated heterocycles. The van der Waals surface area contributed by atoms with Crippen molar-refractivity contribution in [1.29, 1.82) is 5.26 Å². The summed E-state index contributed by atoms with van der Waals surface area (Å²) in [5.41, 5.74) is 0.939. The lowest BCUT2D eigenvalue weighted by atomic mass is 10.2. The number of hydrogen-bond donors (Lipinski definition) is 0. The second-order valence-electron chi connectivity index (χ2n) is 3.54. The summed E-state index contributed by atoms with van der Waals surface area (Å²) in [7, 11) is -3.05. The van der Waals surface area contributed by atoms with Crippen LogP contribution in [0.1, 0.15) is 25.1 Å². The van der Waals surface area contributed by atoms with Crippen LogP contribution in [-0.4, -0.2) is 29.7 Å². The lowest BCUT2D eigenvalue weighted by molar-refractivity contribution is 0.580. The Morgan fingerprint density at radius 1 is 1.47 bits per heavy atom. The Morgan fingerprint density at radius 3 is 2.53 bits per heavy atom. The molecule has 17 heavy (non-hydrogen) atoms. The molecule has 0 aromatic carbocycles. The second-order valence-corrected chi connectivity index (χ2v) is 6.37. The summed E-state index contributed by atoms with van der Waals surface area (Å²) in [6.07, 6.45) is 0.593. The van der Waals surface area contributed by atoms with Gasteiger partial charge in [-0.15, -0.1) is 0 Å². The molecule has 5 nitrogen and oxygen atoms in total. The van der Waals surface area contributed by atoms with Crippen LogP contribution in [0.15, 0.2) is 0 Å². The molecule has 0 N–H and O–H groups in total. The topological polar surface area (TPSA) is 75.8 Å². The van der Waals surface area contributed by atoms with E-state index in [-0.39, 0.29) is 23.2 Å². The number of hydrogen-bond acceptors (Lipinski definition) is 4. The molecule has 0 saturated carbocycles. The van der Waals surface area contributed by atoms with Gasteiger partial charge in [0.15, 0.2) is 9.84 Å². The maximum atomic E-state index is 11.4. The number of rotatable bonds is 5. The highest BCUT2D eigenvalue weighted by molar-refractivity contribution is 7.91. The van der Waals surface area contributed by atoms with E-state index in [4.69, 9.17) is 16.9 Å². The van der Waals surface area contributed by atoms with Crippen molar-refractivity contribution in [3.8, 4) is 6.07 Å². The predicted molar refractivity (Wildman–Crippen MR) is 65.7 cm³/mol. The van der Waals surface area contributed by atoms with Crippen molar-refractivity contribution in [3.05, 3.63) is 16.4 Å². The van der Waals surface area contributed by atoms with Gasteiger partial charge in [-0.3, -0.25) is 4.68 Å². The van der Waals surface area contributed by atoms with Crippen LogP contribution in [0.25, 0.3) is 0 Å². The van der Waals surface area contributed by atoms with Crippen molar-refractivity contribution < 1.29 is 8.42 Å². The Balaban J connectivity index is 2.94. The van der Waals surface area contributed by atoms with Crippen molar-refractivity contribution in [2.75, 3.05) is 11.5 Å². The standard InChI is InChI=1S/C10H14ClN3O2S/c1-3-9-8(7-12)10(11)14(13-9)5-6-17(15,16)4-2/h3-6H2,1-2H3. The van der Waals surface area contributed by atoms with E-state index in [0.717, 1.165) is 0 Å². The van der Waals surface area contributed by atoms with Crippen LogP contribution in [0.4, 0.5) is 0 Å². The zero-order valence-electron chi connectivity index (χ0n) is 9.77. The highest BCUT2D eigenvalue weighted by Gasteiger charge is 2.16. The molecule has 94 valence electrons. The molecule has 0 bridgehead atoms. The van der Waals surface area contributed by atoms with Crippen molar-refractivity contribution in [2.45, 2.75) is 26.8 Å². The monoisotopic (exact) mass is 275 g/mol. The second kappa shape index (κ2) is 5.52. The van der Waals surface area contributed by atoms with Gasteiger partial charge in [-0.25, -0.2) is 8.42 Å². The van der Waals surface area contributed by atoms with Gasteiger partial charge in [-0.05, 0) is 6.42 Å². The minimum Gasteiger partial charge on any atom is -0.251 e. The van der Waals surface area contributed by atoms with Gasteiger partial charge < -0.3 is 0 Å². The third kappa shape index (κ3) is 3.20. The molecule has 0 aliphatic heterocycles. The summed E-state index contributed by atoms with van der Waals surface area (Å²) in [4.78, 5) is 0. The number of halogens is 1. The van der Waals surface area contributed by atoms with Crippen molar-refractivity contribution in [2.24, 2.45) is 0 Å². The van der Waals surface area contributed by atoms with Crippen LogP contribution in [0.3, 0.4) is 0 Å². The SMILES string of the molecule is CCc1nn(CCS(=O)(=O)CC)c(Cl)c1C#N. The molecular weight excluding hydrogens is 262 g/mol. The Morgan fingerprint density at radius 2 is 2.12 bits per heavy atom. The Hall–Kier alpha value is -1.06. The fourth-order valence-corrected chi connectivity index (χ4v) is 2.38. The summed E-state index contributed by atoms with van der Waals surface area (Å²) in [5, 5.41) is 13.3. The molecule has 1 rings (SSSR count). The van der Waals surface area contributed by atoms with Crippen LogP contribution in [0.2, 0.25) is 5.15 Å². The normalized spacial score (nSPS) is 11.4. The Kier molecular flexibility index (Phi) is 4.54. The first kappa shape index (κ1) is 14.0. The van der Waals surface area contributed by atoms with Gasteiger partial charge in [-0.2, -0.15) is 10.4 Å². The van der Waals surface area contributed by atoms with E-state index >= 15 is 0 Å². The van der Waals surface area contributed by atoms with Gasteiger partial charge in [0.2, 0.25) is 0 Å². The molecule has 1 heterocycles. The number of aryl methyl sites for hydroxylation is 2. The molecule has 0 spiro atoms. The zero-order chi connectivity index (χ0) is 13.1. The van der Waals surface area contributed by atoms with Gasteiger partial charge in [0.25, 0.3) is 0 Å². The lowest BCUT2D eigenvalue weighted by Crippen LogP contribution is -2.15. The van der Waals surface area contributed by atoms with Crippen LogP contribution in [0, 0.1) is 11.3 Å². The fourth-order valence-electron chi connectivity index (χ4n) is 1.36. The van der Waals surface area contributed by atoms with E-state index in [0.29, 0.717) is 17.7 Å². The first-order chi connectivity index (χ1) is 7.95. The maximum absolute atomic E-state index is 11.4. The fraction of sp³-hybridized carbons (Fsp3) is 0.600. The summed E-state index contributed by atoms with van der Waals surface area (Å²) in [6, 6.07) is 1.98. The molecule has 0 radical (unpaired) electrons. The van der Waals surface area contributed by atoms with Gasteiger partial charge in [0.1, 0.15) is 16.8 Å². The largest absolute Gasteiger partial charge is 0.251 e. The van der Waals surface area contributed by atoms with E-state index in [9.17, 15) is 8.42 Å². The maximum Gasteiger partial charge on any atom is 0.151 e. The summed E-state index contributed by atoms with van der Waals surface area (Å²) in [6.45, 7) is 3.65. The van der Waals surface area contributed by atoms with Gasteiger partial charge >= 0.3 is 0 Å². The van der Waals surface area contributed by atoms with Crippen molar-refractivity contribution in [3.63, 3.8) is 0 Å². The predicted octanol–water partition coefficient (Wildman–Crippen LogP) is 1.41. The molecule has 0 aliphatic rings. The molecule has 0 amide bonds. The minimum atomic E-state index is -3.05. The molecule has 0 fully saturated rings. The molecule has 0 atom stereocenters. The van der Waals surface area contributed by atoms with Crippen LogP contribution < -0.4 is 0 Å². The smallest absolute Gasteiger partial charge is 0.151 e. The third-order valence-electron chi connectivity index (χ3n) is 2.46. The van der Waals surface area contributed by atoms with Crippen molar-refractivity contribution >= 4 is 21.4 Å². The first-order valence-corrected chi connectivity index (χ1v) is 7.50. The van der Waals surface area contributed by atoms with E-state index in [1.54, 1.807) is 6.92 Å². The number of aromatic nitrogens is 2. The number of nitrogens with zero attached hydrogens (tertiary/aromatic N) is 3. The van der Waals surface area contributed by atoms with Gasteiger partial charge in [0, 0.05) is 5.75 Å². The first-order valence-electron chi connectivity index (χ1n) is 5.30. The van der Waals surface area contributed by atoms with E-state index < -0.39 is 9.84 Å². The average Bonchev–Trinajstić information content (AvgIpc) is 2.62. The Bertz CT molecular complexity index is 543. The Labute approximate surface area is 106 Å². The summed E-state index contributed by atoms with van der Waals surface area (Å²) in [5.74, 6) is 0.0799. The molecule has 7 heteroatoms. The van der Waals surface area contributed by atoms with Crippen LogP contribution in [0.5, 0.6) is 0 Å². The molecule has 1 aromatic heterocycles. The van der Waals surface area contributed by atoms with Gasteiger partial charge in [0.05, 0.1) is 18.0 Å². The van der Waals surface area contributed by atoms with E-state index in [1.807, 2.05) is 13.0 Å². The summed E-state index contributed by atoms with van der Waals surface area (Å²) >= 11 is 5.96. The zero-order valence-corrected chi connectivity index (χ0v) is 11.3. The van der Waals surface area contributed by atoms with Crippen LogP contribution >= 0.6 is 11.6 Å². The van der Waals surface area contributed by atoms with E-state index in [1.165, 1.54) is 4.68 Å². The number of sulfone groups is 1. The molecule has 0 unspecified atom stereocenters. The quantitative estimate of drug-likeness (QED) is 0.814. The lowest BCUT2D eigenvalue weighted by Gasteiger charge is -2.02. The number of nitriles is 1. The average molecular weight is 276 g/mol. The highest BCUT2D eigenvalue weighted by Crippen LogP contribution is 2.19. The highest BCUT2D eigenvalue weighted by atomic mass is 35.5. The summed E-state index contributed by atoms with van der Waals surface area (Å²) < 4.78 is 24.1. The van der Waals surface area contributed by atoms with E-state index in [2.05, 4.69) is 5.10 Å². The van der Waals surface area contributed by atoms with Gasteiger partial charge in [-0.1, -0.05) is 25.4 Å².